The lowest BCUT2D eigenvalue weighted by molar-refractivity contribution is -0.120. The number of benzene rings is 2. The van der Waals surface area contributed by atoms with Gasteiger partial charge < -0.3 is 9.88 Å². The van der Waals surface area contributed by atoms with Gasteiger partial charge in [0.15, 0.2) is 0 Å². The van der Waals surface area contributed by atoms with Gasteiger partial charge in [0.1, 0.15) is 17.7 Å². The van der Waals surface area contributed by atoms with E-state index in [0.717, 1.165) is 10.5 Å². The van der Waals surface area contributed by atoms with Crippen molar-refractivity contribution in [1.29, 1.82) is 0 Å². The summed E-state index contributed by atoms with van der Waals surface area (Å²) in [5, 5.41) is 2.77. The number of carbonyl (C=O) groups is 1. The second-order valence-corrected chi connectivity index (χ2v) is 7.38. The smallest absolute Gasteiger partial charge is 0.234 e. The summed E-state index contributed by atoms with van der Waals surface area (Å²) in [5.41, 5.74) is 0.783. The van der Waals surface area contributed by atoms with Crippen LogP contribution in [0.15, 0.2) is 71.9 Å². The number of nitrogens with zero attached hydrogens (tertiary/aromatic N) is 2. The molecule has 134 valence electrons. The second kappa shape index (κ2) is 8.19. The summed E-state index contributed by atoms with van der Waals surface area (Å²) >= 11 is 1.49. The van der Waals surface area contributed by atoms with Crippen LogP contribution in [-0.2, 0) is 11.8 Å². The van der Waals surface area contributed by atoms with E-state index < -0.39 is 6.04 Å². The lowest BCUT2D eigenvalue weighted by Crippen LogP contribution is -2.36. The van der Waals surface area contributed by atoms with E-state index in [9.17, 15) is 9.18 Å². The molecule has 0 spiro atoms. The highest BCUT2D eigenvalue weighted by Crippen LogP contribution is 2.25. The van der Waals surface area contributed by atoms with Gasteiger partial charge in [0.05, 0.1) is 5.25 Å². The minimum Gasteiger partial charge on any atom is -0.341 e. The van der Waals surface area contributed by atoms with Crippen molar-refractivity contribution in [3.63, 3.8) is 0 Å². The van der Waals surface area contributed by atoms with Gasteiger partial charge in [-0.2, -0.15) is 0 Å². The molecule has 2 atom stereocenters. The molecule has 4 nitrogen and oxygen atoms in total. The van der Waals surface area contributed by atoms with Gasteiger partial charge in [-0.25, -0.2) is 9.37 Å². The molecule has 0 aliphatic rings. The van der Waals surface area contributed by atoms with Crippen molar-refractivity contribution >= 4 is 17.7 Å². The number of aryl methyl sites for hydroxylation is 1. The highest BCUT2D eigenvalue weighted by Gasteiger charge is 2.24. The number of rotatable bonds is 6. The van der Waals surface area contributed by atoms with Crippen molar-refractivity contribution in [2.45, 2.75) is 23.1 Å². The predicted molar refractivity (Wildman–Crippen MR) is 101 cm³/mol. The summed E-state index contributed by atoms with van der Waals surface area (Å²) < 4.78 is 15.1. The monoisotopic (exact) mass is 369 g/mol. The summed E-state index contributed by atoms with van der Waals surface area (Å²) in [6.45, 7) is 1.87. The molecule has 0 saturated carbocycles. The first-order valence-electron chi connectivity index (χ1n) is 8.29. The van der Waals surface area contributed by atoms with Crippen molar-refractivity contribution in [1.82, 2.24) is 14.9 Å². The summed E-state index contributed by atoms with van der Waals surface area (Å²) in [6, 6.07) is 15.5. The van der Waals surface area contributed by atoms with Crippen LogP contribution in [0.4, 0.5) is 4.39 Å². The molecule has 0 radical (unpaired) electrons. The zero-order valence-electron chi connectivity index (χ0n) is 14.6. The normalized spacial score (nSPS) is 13.2. The molecule has 6 heteroatoms. The van der Waals surface area contributed by atoms with Crippen molar-refractivity contribution < 1.29 is 9.18 Å². The Labute approximate surface area is 156 Å². The van der Waals surface area contributed by atoms with Crippen molar-refractivity contribution in [2.24, 2.45) is 7.05 Å². The Balaban J connectivity index is 1.80. The first-order chi connectivity index (χ1) is 12.5. The zero-order chi connectivity index (χ0) is 18.5. The molecule has 3 rings (SSSR count). The molecule has 2 aromatic carbocycles. The third-order valence-electron chi connectivity index (χ3n) is 4.03. The van der Waals surface area contributed by atoms with Gasteiger partial charge >= 0.3 is 0 Å². The number of imidazole rings is 1. The molecule has 26 heavy (non-hydrogen) atoms. The maximum Gasteiger partial charge on any atom is 0.234 e. The molecule has 0 aliphatic heterocycles. The van der Waals surface area contributed by atoms with Gasteiger partial charge in [0, 0.05) is 24.3 Å². The van der Waals surface area contributed by atoms with Crippen LogP contribution < -0.4 is 5.32 Å². The fourth-order valence-electron chi connectivity index (χ4n) is 2.62. The molecule has 1 N–H and O–H groups in total. The van der Waals surface area contributed by atoms with Crippen molar-refractivity contribution in [3.05, 3.63) is 84.2 Å². The molecule has 3 aromatic rings. The lowest BCUT2D eigenvalue weighted by atomic mass is 10.1. The zero-order valence-corrected chi connectivity index (χ0v) is 15.4. The maximum atomic E-state index is 13.3. The fraction of sp³-hybridized carbons (Fsp3) is 0.200. The number of aromatic nitrogens is 2. The molecule has 0 unspecified atom stereocenters. The van der Waals surface area contributed by atoms with Crippen LogP contribution in [0.3, 0.4) is 0 Å². The van der Waals surface area contributed by atoms with Gasteiger partial charge in [-0.05, 0) is 36.8 Å². The number of halogens is 1. The van der Waals surface area contributed by atoms with Crippen molar-refractivity contribution in [2.75, 3.05) is 0 Å². The average molecular weight is 369 g/mol. The van der Waals surface area contributed by atoms with E-state index in [-0.39, 0.29) is 17.0 Å². The van der Waals surface area contributed by atoms with Crippen LogP contribution in [0, 0.1) is 5.82 Å². The molecule has 1 heterocycles. The standard InChI is InChI=1S/C20H20FN3OS/c1-14(26-17-6-4-3-5-7-17)20(25)23-18(19-22-12-13-24(19)2)15-8-10-16(21)11-9-15/h3-14,18H,1-2H3,(H,23,25)/t14-,18-/m1/s1. The first-order valence-corrected chi connectivity index (χ1v) is 9.17. The van der Waals surface area contributed by atoms with E-state index >= 15 is 0 Å². The first kappa shape index (κ1) is 18.2. The van der Waals surface area contributed by atoms with E-state index in [1.807, 2.05) is 55.1 Å². The Bertz CT molecular complexity index is 864. The number of hydrogen-bond acceptors (Lipinski definition) is 3. The number of nitrogens with one attached hydrogen (secondary N) is 1. The van der Waals surface area contributed by atoms with Gasteiger partial charge in [-0.1, -0.05) is 30.3 Å². The maximum absolute atomic E-state index is 13.3. The Hall–Kier alpha value is -2.60. The number of amides is 1. The molecular weight excluding hydrogens is 349 g/mol. The van der Waals surface area contributed by atoms with Crippen LogP contribution in [0.5, 0.6) is 0 Å². The summed E-state index contributed by atoms with van der Waals surface area (Å²) in [4.78, 5) is 18.2. The highest BCUT2D eigenvalue weighted by atomic mass is 32.2. The molecular formula is C20H20FN3OS. The largest absolute Gasteiger partial charge is 0.341 e. The van der Waals surface area contributed by atoms with E-state index in [1.165, 1.54) is 23.9 Å². The minimum atomic E-state index is -0.443. The van der Waals surface area contributed by atoms with Crippen LogP contribution >= 0.6 is 11.8 Å². The van der Waals surface area contributed by atoms with E-state index in [2.05, 4.69) is 10.3 Å². The van der Waals surface area contributed by atoms with E-state index in [4.69, 9.17) is 0 Å². The number of carbonyl (C=O) groups excluding carboxylic acids is 1. The molecule has 0 saturated heterocycles. The van der Waals surface area contributed by atoms with E-state index in [1.54, 1.807) is 18.3 Å². The summed E-state index contributed by atoms with van der Waals surface area (Å²) in [5.74, 6) is 0.282. The molecule has 1 amide bonds. The Morgan fingerprint density at radius 2 is 1.85 bits per heavy atom. The second-order valence-electron chi connectivity index (χ2n) is 5.96. The highest BCUT2D eigenvalue weighted by molar-refractivity contribution is 8.00. The minimum absolute atomic E-state index is 0.101. The molecule has 0 aliphatic carbocycles. The van der Waals surface area contributed by atoms with Crippen LogP contribution in [0.2, 0.25) is 0 Å². The van der Waals surface area contributed by atoms with Crippen LogP contribution in [0.25, 0.3) is 0 Å². The summed E-state index contributed by atoms with van der Waals surface area (Å²) in [7, 11) is 1.87. The third kappa shape index (κ3) is 4.32. The lowest BCUT2D eigenvalue weighted by Gasteiger charge is -2.21. The quantitative estimate of drug-likeness (QED) is 0.670. The van der Waals surface area contributed by atoms with Crippen LogP contribution in [0.1, 0.15) is 24.4 Å². The van der Waals surface area contributed by atoms with Gasteiger partial charge in [0.25, 0.3) is 0 Å². The number of hydrogen-bond donors (Lipinski definition) is 1. The average Bonchev–Trinajstić information content (AvgIpc) is 3.07. The van der Waals surface area contributed by atoms with Gasteiger partial charge in [0.2, 0.25) is 5.91 Å². The van der Waals surface area contributed by atoms with Crippen LogP contribution in [-0.4, -0.2) is 20.7 Å². The van der Waals surface area contributed by atoms with E-state index in [0.29, 0.717) is 5.82 Å². The van der Waals surface area contributed by atoms with Gasteiger partial charge in [-0.15, -0.1) is 11.8 Å². The Morgan fingerprint density at radius 1 is 1.15 bits per heavy atom. The SMILES string of the molecule is C[C@@H](Sc1ccccc1)C(=O)N[C@H](c1ccc(F)cc1)c1nccn1C. The molecule has 0 fully saturated rings. The topological polar surface area (TPSA) is 46.9 Å². The number of thioether (sulfide) groups is 1. The Morgan fingerprint density at radius 3 is 2.46 bits per heavy atom. The molecule has 1 aromatic heterocycles. The Kier molecular flexibility index (Phi) is 5.73. The fourth-order valence-corrected chi connectivity index (χ4v) is 3.52. The summed E-state index contributed by atoms with van der Waals surface area (Å²) in [6.07, 6.45) is 3.50. The van der Waals surface area contributed by atoms with Crippen molar-refractivity contribution in [3.8, 4) is 0 Å². The van der Waals surface area contributed by atoms with Gasteiger partial charge in [-0.3, -0.25) is 4.79 Å². The third-order valence-corrected chi connectivity index (χ3v) is 5.14. The molecule has 0 bridgehead atoms. The predicted octanol–water partition coefficient (Wildman–Crippen LogP) is 3.95.